The summed E-state index contributed by atoms with van der Waals surface area (Å²) in [6, 6.07) is 8.24. The van der Waals surface area contributed by atoms with Gasteiger partial charge in [0.1, 0.15) is 4.90 Å². The van der Waals surface area contributed by atoms with Gasteiger partial charge in [0.2, 0.25) is 0 Å². The van der Waals surface area contributed by atoms with Crippen LogP contribution in [-0.2, 0) is 16.6 Å². The number of hydrogen-bond acceptors (Lipinski definition) is 4. The van der Waals surface area contributed by atoms with Gasteiger partial charge in [0.15, 0.2) is 0 Å². The lowest BCUT2D eigenvalue weighted by Crippen LogP contribution is -2.15. The number of nitrogens with zero attached hydrogens (tertiary/aromatic N) is 1. The van der Waals surface area contributed by atoms with E-state index in [1.54, 1.807) is 36.5 Å². The predicted octanol–water partition coefficient (Wildman–Crippen LogP) is 2.65. The van der Waals surface area contributed by atoms with Gasteiger partial charge in [0.05, 0.1) is 16.9 Å². The summed E-state index contributed by atoms with van der Waals surface area (Å²) in [5.74, 6) is 0. The fourth-order valence-electron chi connectivity index (χ4n) is 1.77. The molecule has 0 spiro atoms. The number of halogens is 1. The third kappa shape index (κ3) is 4.17. The van der Waals surface area contributed by atoms with Crippen LogP contribution < -0.4 is 10.0 Å². The molecule has 7 heteroatoms. The number of anilines is 1. The molecular formula is C14H16ClN3O2S. The maximum absolute atomic E-state index is 12.4. The Hall–Kier alpha value is -1.63. The zero-order valence-electron chi connectivity index (χ0n) is 11.5. The molecule has 21 heavy (non-hydrogen) atoms. The third-order valence-electron chi connectivity index (χ3n) is 2.78. The van der Waals surface area contributed by atoms with Crippen molar-refractivity contribution >= 4 is 27.3 Å². The molecule has 0 saturated heterocycles. The Balaban J connectivity index is 2.30. The molecule has 0 aliphatic carbocycles. The zero-order valence-corrected chi connectivity index (χ0v) is 13.1. The lowest BCUT2D eigenvalue weighted by atomic mass is 10.2. The van der Waals surface area contributed by atoms with Crippen LogP contribution in [0.25, 0.3) is 0 Å². The van der Waals surface area contributed by atoms with Crippen molar-refractivity contribution in [2.24, 2.45) is 0 Å². The molecule has 0 aliphatic heterocycles. The Morgan fingerprint density at radius 3 is 2.76 bits per heavy atom. The van der Waals surface area contributed by atoms with Gasteiger partial charge in [-0.25, -0.2) is 8.42 Å². The first-order valence-electron chi connectivity index (χ1n) is 6.45. The first-order chi connectivity index (χ1) is 10.0. The van der Waals surface area contributed by atoms with Crippen molar-refractivity contribution in [2.45, 2.75) is 18.4 Å². The highest BCUT2D eigenvalue weighted by Gasteiger charge is 2.18. The van der Waals surface area contributed by atoms with E-state index in [0.717, 1.165) is 12.1 Å². The summed E-state index contributed by atoms with van der Waals surface area (Å²) in [5.41, 5.74) is 1.25. The van der Waals surface area contributed by atoms with E-state index in [0.29, 0.717) is 12.2 Å². The number of pyridine rings is 1. The van der Waals surface area contributed by atoms with Gasteiger partial charge in [-0.3, -0.25) is 9.71 Å². The molecule has 1 heterocycles. The standard InChI is InChI=1S/C14H16ClN3O2S/c1-2-16-9-11-5-6-13(15)14(8-11)21(19,20)18-12-4-3-7-17-10-12/h3-8,10,16,18H,2,9H2,1H3. The lowest BCUT2D eigenvalue weighted by Gasteiger charge is -2.11. The van der Waals surface area contributed by atoms with E-state index in [-0.39, 0.29) is 9.92 Å². The quantitative estimate of drug-likeness (QED) is 0.856. The van der Waals surface area contributed by atoms with Gasteiger partial charge in [0, 0.05) is 12.7 Å². The molecule has 1 aromatic carbocycles. The van der Waals surface area contributed by atoms with Crippen molar-refractivity contribution in [2.75, 3.05) is 11.3 Å². The van der Waals surface area contributed by atoms with Crippen LogP contribution in [0.5, 0.6) is 0 Å². The van der Waals surface area contributed by atoms with Crippen molar-refractivity contribution in [3.63, 3.8) is 0 Å². The maximum Gasteiger partial charge on any atom is 0.263 e. The molecule has 0 bridgehead atoms. The van der Waals surface area contributed by atoms with Crippen LogP contribution in [0.4, 0.5) is 5.69 Å². The number of aromatic nitrogens is 1. The number of nitrogens with one attached hydrogen (secondary N) is 2. The van der Waals surface area contributed by atoms with E-state index in [4.69, 9.17) is 11.6 Å². The summed E-state index contributed by atoms with van der Waals surface area (Å²) in [7, 11) is -3.74. The largest absolute Gasteiger partial charge is 0.313 e. The number of sulfonamides is 1. The molecule has 2 aromatic rings. The topological polar surface area (TPSA) is 71.1 Å². The van der Waals surface area contributed by atoms with Crippen molar-refractivity contribution < 1.29 is 8.42 Å². The van der Waals surface area contributed by atoms with Crippen LogP contribution in [0.1, 0.15) is 12.5 Å². The lowest BCUT2D eigenvalue weighted by molar-refractivity contribution is 0.601. The Kier molecular flexibility index (Phi) is 5.17. The van der Waals surface area contributed by atoms with Crippen molar-refractivity contribution in [1.29, 1.82) is 0 Å². The van der Waals surface area contributed by atoms with Gasteiger partial charge >= 0.3 is 0 Å². The highest BCUT2D eigenvalue weighted by Crippen LogP contribution is 2.24. The fourth-order valence-corrected chi connectivity index (χ4v) is 3.36. The second kappa shape index (κ2) is 6.89. The molecule has 1 aromatic heterocycles. The maximum atomic E-state index is 12.4. The normalized spacial score (nSPS) is 11.3. The van der Waals surface area contributed by atoms with Crippen LogP contribution in [0.3, 0.4) is 0 Å². The molecular weight excluding hydrogens is 310 g/mol. The molecule has 0 amide bonds. The van der Waals surface area contributed by atoms with Gasteiger partial charge in [-0.15, -0.1) is 0 Å². The molecule has 0 aliphatic rings. The van der Waals surface area contributed by atoms with Gasteiger partial charge in [0.25, 0.3) is 10.0 Å². The molecule has 2 rings (SSSR count). The average molecular weight is 326 g/mol. The number of hydrogen-bond donors (Lipinski definition) is 2. The van der Waals surface area contributed by atoms with Gasteiger partial charge in [-0.1, -0.05) is 24.6 Å². The fraction of sp³-hybridized carbons (Fsp3) is 0.214. The Morgan fingerprint density at radius 1 is 1.29 bits per heavy atom. The van der Waals surface area contributed by atoms with Gasteiger partial charge in [-0.2, -0.15) is 0 Å². The first-order valence-corrected chi connectivity index (χ1v) is 8.31. The second-order valence-corrected chi connectivity index (χ2v) is 6.45. The average Bonchev–Trinajstić information content (AvgIpc) is 2.47. The third-order valence-corrected chi connectivity index (χ3v) is 4.64. The summed E-state index contributed by atoms with van der Waals surface area (Å²) in [6.45, 7) is 3.37. The monoisotopic (exact) mass is 325 g/mol. The summed E-state index contributed by atoms with van der Waals surface area (Å²) in [4.78, 5) is 3.93. The summed E-state index contributed by atoms with van der Waals surface area (Å²) >= 11 is 6.03. The van der Waals surface area contributed by atoms with E-state index in [1.807, 2.05) is 6.92 Å². The van der Waals surface area contributed by atoms with E-state index in [1.165, 1.54) is 6.20 Å². The highest BCUT2D eigenvalue weighted by molar-refractivity contribution is 7.92. The molecule has 2 N–H and O–H groups in total. The van der Waals surface area contributed by atoms with Crippen molar-refractivity contribution in [3.05, 3.63) is 53.3 Å². The minimum atomic E-state index is -3.74. The molecule has 5 nitrogen and oxygen atoms in total. The molecule has 0 unspecified atom stereocenters. The van der Waals surface area contributed by atoms with Crippen LogP contribution in [0.2, 0.25) is 5.02 Å². The SMILES string of the molecule is CCNCc1ccc(Cl)c(S(=O)(=O)Nc2cccnc2)c1. The van der Waals surface area contributed by atoms with Crippen LogP contribution in [-0.4, -0.2) is 19.9 Å². The summed E-state index contributed by atoms with van der Waals surface area (Å²) in [6.07, 6.45) is 3.01. The first kappa shape index (κ1) is 15.8. The predicted molar refractivity (Wildman–Crippen MR) is 83.9 cm³/mol. The van der Waals surface area contributed by atoms with Crippen LogP contribution >= 0.6 is 11.6 Å². The van der Waals surface area contributed by atoms with E-state index in [2.05, 4.69) is 15.0 Å². The van der Waals surface area contributed by atoms with Gasteiger partial charge in [-0.05, 0) is 36.4 Å². The zero-order chi connectivity index (χ0) is 15.3. The molecule has 112 valence electrons. The van der Waals surface area contributed by atoms with Crippen LogP contribution in [0, 0.1) is 0 Å². The molecule has 0 radical (unpaired) electrons. The van der Waals surface area contributed by atoms with E-state index >= 15 is 0 Å². The minimum absolute atomic E-state index is 0.0587. The minimum Gasteiger partial charge on any atom is -0.313 e. The Morgan fingerprint density at radius 2 is 2.10 bits per heavy atom. The Labute approximate surface area is 129 Å². The number of benzene rings is 1. The number of rotatable bonds is 6. The summed E-state index contributed by atoms with van der Waals surface area (Å²) < 4.78 is 27.3. The van der Waals surface area contributed by atoms with Crippen molar-refractivity contribution in [1.82, 2.24) is 10.3 Å². The second-order valence-electron chi connectivity index (χ2n) is 4.39. The molecule has 0 saturated carbocycles. The van der Waals surface area contributed by atoms with E-state index in [9.17, 15) is 8.42 Å². The highest BCUT2D eigenvalue weighted by atomic mass is 35.5. The smallest absolute Gasteiger partial charge is 0.263 e. The van der Waals surface area contributed by atoms with Crippen LogP contribution in [0.15, 0.2) is 47.6 Å². The van der Waals surface area contributed by atoms with Gasteiger partial charge < -0.3 is 5.32 Å². The van der Waals surface area contributed by atoms with E-state index < -0.39 is 10.0 Å². The molecule has 0 fully saturated rings. The Bertz CT molecular complexity index is 705. The summed E-state index contributed by atoms with van der Waals surface area (Å²) in [5, 5.41) is 3.33. The molecule has 0 atom stereocenters. The van der Waals surface area contributed by atoms with Crippen molar-refractivity contribution in [3.8, 4) is 0 Å².